The molecule has 4 rings (SSSR count). The lowest BCUT2D eigenvalue weighted by atomic mass is 9.81. The zero-order chi connectivity index (χ0) is 24.1. The maximum atomic E-state index is 13.0. The van der Waals surface area contributed by atoms with E-state index in [9.17, 15) is 14.4 Å². The standard InChI is InChI=1S/C27H31ClN2O4/c1-34-26(32)24-7-3-6-23(24)25(31)19-10-8-17(9-11-19)18-12-14-21(15-13-18)29-27(33)30-22-5-2-4-20(28)16-22/h2,4-5,8-11,16,18,21,23-24H,3,6-7,12-15H2,1H3,(H2,29,30,33). The van der Waals surface area contributed by atoms with Crippen LogP contribution < -0.4 is 10.6 Å². The number of benzene rings is 2. The number of carbonyl (C=O) groups is 3. The van der Waals surface area contributed by atoms with Gasteiger partial charge in [-0.3, -0.25) is 9.59 Å². The Kier molecular flexibility index (Phi) is 7.88. The van der Waals surface area contributed by atoms with Crippen molar-refractivity contribution in [3.8, 4) is 0 Å². The molecule has 2 aliphatic carbocycles. The molecule has 34 heavy (non-hydrogen) atoms. The van der Waals surface area contributed by atoms with Gasteiger partial charge in [0.15, 0.2) is 5.78 Å². The first-order valence-corrected chi connectivity index (χ1v) is 12.4. The minimum Gasteiger partial charge on any atom is -0.469 e. The van der Waals surface area contributed by atoms with Gasteiger partial charge in [-0.1, -0.05) is 48.4 Å². The molecule has 2 N–H and O–H groups in total. The van der Waals surface area contributed by atoms with Crippen LogP contribution in [0.15, 0.2) is 48.5 Å². The van der Waals surface area contributed by atoms with E-state index in [4.69, 9.17) is 16.3 Å². The van der Waals surface area contributed by atoms with Gasteiger partial charge >= 0.3 is 12.0 Å². The van der Waals surface area contributed by atoms with E-state index in [2.05, 4.69) is 10.6 Å². The maximum absolute atomic E-state index is 13.0. The molecule has 0 heterocycles. The average molecular weight is 483 g/mol. The van der Waals surface area contributed by atoms with Gasteiger partial charge in [0, 0.05) is 28.2 Å². The van der Waals surface area contributed by atoms with E-state index in [0.717, 1.165) is 44.9 Å². The van der Waals surface area contributed by atoms with Crippen LogP contribution in [0.2, 0.25) is 5.02 Å². The van der Waals surface area contributed by atoms with Crippen molar-refractivity contribution in [1.29, 1.82) is 0 Å². The Morgan fingerprint density at radius 3 is 2.29 bits per heavy atom. The normalized spacial score (nSPS) is 24.3. The van der Waals surface area contributed by atoms with Crippen LogP contribution >= 0.6 is 11.6 Å². The number of anilines is 1. The Bertz CT molecular complexity index is 1030. The van der Waals surface area contributed by atoms with Crippen molar-refractivity contribution in [2.75, 3.05) is 12.4 Å². The summed E-state index contributed by atoms with van der Waals surface area (Å²) in [6.45, 7) is 0. The number of methoxy groups -OCH3 is 1. The molecule has 2 atom stereocenters. The van der Waals surface area contributed by atoms with E-state index < -0.39 is 0 Å². The number of Topliss-reactive ketones (excluding diaryl/α,β-unsaturated/α-hetero) is 1. The number of ketones is 1. The number of urea groups is 1. The second-order valence-electron chi connectivity index (χ2n) is 9.31. The lowest BCUT2D eigenvalue weighted by molar-refractivity contribution is -0.146. The Morgan fingerprint density at radius 1 is 0.912 bits per heavy atom. The smallest absolute Gasteiger partial charge is 0.319 e. The lowest BCUT2D eigenvalue weighted by Crippen LogP contribution is -2.39. The minimum absolute atomic E-state index is 0.0399. The molecule has 2 saturated carbocycles. The van der Waals surface area contributed by atoms with E-state index in [-0.39, 0.29) is 35.7 Å². The minimum atomic E-state index is -0.323. The Labute approximate surface area is 205 Å². The largest absolute Gasteiger partial charge is 0.469 e. The Morgan fingerprint density at radius 2 is 1.62 bits per heavy atom. The molecular weight excluding hydrogens is 452 g/mol. The molecule has 6 nitrogen and oxygen atoms in total. The molecule has 2 fully saturated rings. The molecule has 0 aliphatic heterocycles. The number of halogens is 1. The maximum Gasteiger partial charge on any atom is 0.319 e. The molecule has 2 aliphatic rings. The summed E-state index contributed by atoms with van der Waals surface area (Å²) in [6, 6.07) is 14.9. The fourth-order valence-corrected chi connectivity index (χ4v) is 5.52. The van der Waals surface area contributed by atoms with Crippen LogP contribution in [0.3, 0.4) is 0 Å². The van der Waals surface area contributed by atoms with Crippen molar-refractivity contribution in [2.24, 2.45) is 11.8 Å². The summed E-state index contributed by atoms with van der Waals surface area (Å²) >= 11 is 5.97. The van der Waals surface area contributed by atoms with Crippen LogP contribution in [-0.2, 0) is 9.53 Å². The van der Waals surface area contributed by atoms with E-state index in [0.29, 0.717) is 22.2 Å². The SMILES string of the molecule is COC(=O)C1CCCC1C(=O)c1ccc(C2CCC(NC(=O)Nc3cccc(Cl)c3)CC2)cc1. The molecule has 7 heteroatoms. The summed E-state index contributed by atoms with van der Waals surface area (Å²) in [4.78, 5) is 37.3. The van der Waals surface area contributed by atoms with Crippen LogP contribution in [0.4, 0.5) is 10.5 Å². The van der Waals surface area contributed by atoms with E-state index in [1.54, 1.807) is 24.3 Å². The molecule has 0 saturated heterocycles. The highest BCUT2D eigenvalue weighted by molar-refractivity contribution is 6.30. The van der Waals surface area contributed by atoms with E-state index in [1.165, 1.54) is 12.7 Å². The number of carbonyl (C=O) groups excluding carboxylic acids is 3. The van der Waals surface area contributed by atoms with Crippen LogP contribution in [0, 0.1) is 11.8 Å². The summed E-state index contributed by atoms with van der Waals surface area (Å²) < 4.78 is 4.89. The monoisotopic (exact) mass is 482 g/mol. The summed E-state index contributed by atoms with van der Waals surface area (Å²) in [6.07, 6.45) is 6.08. The summed E-state index contributed by atoms with van der Waals surface area (Å²) in [5.41, 5.74) is 2.55. The fraction of sp³-hybridized carbons (Fsp3) is 0.444. The Hall–Kier alpha value is -2.86. The molecular formula is C27H31ClN2O4. The predicted molar refractivity (Wildman–Crippen MR) is 132 cm³/mol. The third-order valence-electron chi connectivity index (χ3n) is 7.17. The lowest BCUT2D eigenvalue weighted by Gasteiger charge is -2.29. The number of esters is 1. The van der Waals surface area contributed by atoms with Gasteiger partial charge in [-0.15, -0.1) is 0 Å². The molecule has 2 amide bonds. The van der Waals surface area contributed by atoms with Crippen molar-refractivity contribution in [3.05, 3.63) is 64.7 Å². The van der Waals surface area contributed by atoms with Crippen molar-refractivity contribution < 1.29 is 19.1 Å². The van der Waals surface area contributed by atoms with Gasteiger partial charge in [-0.05, 0) is 68.2 Å². The van der Waals surface area contributed by atoms with Crippen LogP contribution in [-0.4, -0.2) is 30.9 Å². The summed E-state index contributed by atoms with van der Waals surface area (Å²) in [5.74, 6) is -0.432. The first-order chi connectivity index (χ1) is 16.4. The van der Waals surface area contributed by atoms with Crippen molar-refractivity contribution >= 4 is 35.1 Å². The molecule has 2 aromatic carbocycles. The van der Waals surface area contributed by atoms with Crippen LogP contribution in [0.1, 0.15) is 66.8 Å². The van der Waals surface area contributed by atoms with Gasteiger partial charge in [0.25, 0.3) is 0 Å². The Balaban J connectivity index is 1.28. The summed E-state index contributed by atoms with van der Waals surface area (Å²) in [7, 11) is 1.38. The van der Waals surface area contributed by atoms with Gasteiger partial charge in [0.1, 0.15) is 0 Å². The zero-order valence-corrected chi connectivity index (χ0v) is 20.1. The third-order valence-corrected chi connectivity index (χ3v) is 7.40. The molecule has 2 aromatic rings. The van der Waals surface area contributed by atoms with Gasteiger partial charge in [-0.25, -0.2) is 4.79 Å². The highest BCUT2D eigenvalue weighted by atomic mass is 35.5. The van der Waals surface area contributed by atoms with E-state index >= 15 is 0 Å². The van der Waals surface area contributed by atoms with Crippen LogP contribution in [0.25, 0.3) is 0 Å². The number of nitrogens with one attached hydrogen (secondary N) is 2. The second-order valence-corrected chi connectivity index (χ2v) is 9.75. The molecule has 180 valence electrons. The van der Waals surface area contributed by atoms with Crippen molar-refractivity contribution in [3.63, 3.8) is 0 Å². The molecule has 0 bridgehead atoms. The highest BCUT2D eigenvalue weighted by Crippen LogP contribution is 2.36. The highest BCUT2D eigenvalue weighted by Gasteiger charge is 2.38. The zero-order valence-electron chi connectivity index (χ0n) is 19.4. The molecule has 2 unspecified atom stereocenters. The summed E-state index contributed by atoms with van der Waals surface area (Å²) in [5, 5.41) is 6.47. The molecule has 0 spiro atoms. The third kappa shape index (κ3) is 5.79. The van der Waals surface area contributed by atoms with Crippen LogP contribution in [0.5, 0.6) is 0 Å². The van der Waals surface area contributed by atoms with Crippen molar-refractivity contribution in [1.82, 2.24) is 5.32 Å². The van der Waals surface area contributed by atoms with E-state index in [1.807, 2.05) is 24.3 Å². The second kappa shape index (κ2) is 11.0. The number of hydrogen-bond acceptors (Lipinski definition) is 4. The molecule has 0 aromatic heterocycles. The van der Waals surface area contributed by atoms with Gasteiger partial charge in [0.05, 0.1) is 13.0 Å². The van der Waals surface area contributed by atoms with Gasteiger partial charge in [0.2, 0.25) is 0 Å². The van der Waals surface area contributed by atoms with Gasteiger partial charge < -0.3 is 15.4 Å². The van der Waals surface area contributed by atoms with Gasteiger partial charge in [-0.2, -0.15) is 0 Å². The first kappa shape index (κ1) is 24.3. The fourth-order valence-electron chi connectivity index (χ4n) is 5.33. The first-order valence-electron chi connectivity index (χ1n) is 12.0. The number of amides is 2. The number of ether oxygens (including phenoxy) is 1. The van der Waals surface area contributed by atoms with Crippen molar-refractivity contribution in [2.45, 2.75) is 56.9 Å². The molecule has 0 radical (unpaired) electrons. The topological polar surface area (TPSA) is 84.5 Å². The number of hydrogen-bond donors (Lipinski definition) is 2. The quantitative estimate of drug-likeness (QED) is 0.393. The predicted octanol–water partition coefficient (Wildman–Crippen LogP) is 5.96. The number of rotatable bonds is 6. The average Bonchev–Trinajstić information content (AvgIpc) is 3.34.